The summed E-state index contributed by atoms with van der Waals surface area (Å²) in [6, 6.07) is 0. The third kappa shape index (κ3) is 6.63. The molecule has 0 bridgehead atoms. The lowest BCUT2D eigenvalue weighted by molar-refractivity contribution is -0.147. The Hall–Kier alpha value is -1.79. The van der Waals surface area contributed by atoms with Gasteiger partial charge in [0, 0.05) is 0 Å². The zero-order valence-electron chi connectivity index (χ0n) is 9.64. The highest BCUT2D eigenvalue weighted by Gasteiger charge is 2.10. The minimum Gasteiger partial charge on any atom is -0.464 e. The van der Waals surface area contributed by atoms with Crippen molar-refractivity contribution < 1.29 is 9.53 Å². The molecule has 7 heteroatoms. The minimum atomic E-state index is -0.238. The second kappa shape index (κ2) is 7.49. The molecule has 0 saturated carbocycles. The van der Waals surface area contributed by atoms with E-state index < -0.39 is 0 Å². The number of hydrogen-bond donors (Lipinski definition) is 3. The van der Waals surface area contributed by atoms with Gasteiger partial charge < -0.3 is 21.9 Å². The number of ether oxygens (including phenoxy) is 1. The van der Waals surface area contributed by atoms with Gasteiger partial charge in [-0.15, -0.1) is 0 Å². The lowest BCUT2D eigenvalue weighted by atomic mass is 10.1. The van der Waals surface area contributed by atoms with Crippen LogP contribution in [0.25, 0.3) is 0 Å². The summed E-state index contributed by atoms with van der Waals surface area (Å²) < 4.78 is 4.94. The molecule has 92 valence electrons. The Morgan fingerprint density at radius 2 is 2.00 bits per heavy atom. The SMILES string of the molecule is CCC(C)C(=O)OCCN=C(N)N=C(N)N. The number of hydrogen-bond acceptors (Lipinski definition) is 3. The van der Waals surface area contributed by atoms with Crippen LogP contribution >= 0.6 is 0 Å². The first-order valence-electron chi connectivity index (χ1n) is 5.03. The van der Waals surface area contributed by atoms with Crippen LogP contribution in [-0.2, 0) is 9.53 Å². The normalized spacial score (nSPS) is 13.0. The van der Waals surface area contributed by atoms with E-state index in [4.69, 9.17) is 21.9 Å². The second-order valence-electron chi connectivity index (χ2n) is 3.25. The minimum absolute atomic E-state index is 0.0282. The summed E-state index contributed by atoms with van der Waals surface area (Å²) >= 11 is 0. The van der Waals surface area contributed by atoms with E-state index in [9.17, 15) is 4.79 Å². The van der Waals surface area contributed by atoms with Gasteiger partial charge in [-0.3, -0.25) is 4.79 Å². The maximum atomic E-state index is 11.2. The Kier molecular flexibility index (Phi) is 6.66. The van der Waals surface area contributed by atoms with Crippen LogP contribution in [0, 0.1) is 5.92 Å². The molecule has 0 saturated heterocycles. The molecule has 0 rings (SSSR count). The topological polar surface area (TPSA) is 129 Å². The Bertz CT molecular complexity index is 284. The molecule has 1 unspecified atom stereocenters. The van der Waals surface area contributed by atoms with Gasteiger partial charge >= 0.3 is 5.97 Å². The van der Waals surface area contributed by atoms with Gasteiger partial charge in [-0.1, -0.05) is 13.8 Å². The van der Waals surface area contributed by atoms with Gasteiger partial charge in [-0.05, 0) is 6.42 Å². The van der Waals surface area contributed by atoms with Crippen molar-refractivity contribution in [2.24, 2.45) is 33.1 Å². The van der Waals surface area contributed by atoms with Crippen LogP contribution in [0.4, 0.5) is 0 Å². The summed E-state index contributed by atoms with van der Waals surface area (Å²) in [7, 11) is 0. The molecule has 0 aliphatic rings. The summed E-state index contributed by atoms with van der Waals surface area (Å²) in [5.74, 6) is -0.519. The zero-order valence-corrected chi connectivity index (χ0v) is 9.64. The first-order valence-corrected chi connectivity index (χ1v) is 5.03. The Labute approximate surface area is 94.7 Å². The average Bonchev–Trinajstić information content (AvgIpc) is 2.21. The molecule has 7 nitrogen and oxygen atoms in total. The van der Waals surface area contributed by atoms with Crippen molar-refractivity contribution in [2.75, 3.05) is 13.2 Å². The van der Waals surface area contributed by atoms with Crippen molar-refractivity contribution in [1.29, 1.82) is 0 Å². The summed E-state index contributed by atoms with van der Waals surface area (Å²) in [5.41, 5.74) is 15.5. The van der Waals surface area contributed by atoms with E-state index in [-0.39, 0.29) is 37.0 Å². The monoisotopic (exact) mass is 229 g/mol. The molecule has 0 heterocycles. The van der Waals surface area contributed by atoms with Crippen molar-refractivity contribution in [3.8, 4) is 0 Å². The summed E-state index contributed by atoms with van der Waals surface area (Å²) in [5, 5.41) is 0. The number of esters is 1. The predicted molar refractivity (Wildman–Crippen MR) is 62.7 cm³/mol. The van der Waals surface area contributed by atoms with Crippen molar-refractivity contribution in [3.05, 3.63) is 0 Å². The Morgan fingerprint density at radius 1 is 1.38 bits per heavy atom. The van der Waals surface area contributed by atoms with Crippen molar-refractivity contribution in [1.82, 2.24) is 0 Å². The van der Waals surface area contributed by atoms with Crippen LogP contribution in [0.5, 0.6) is 0 Å². The fraction of sp³-hybridized carbons (Fsp3) is 0.667. The van der Waals surface area contributed by atoms with E-state index in [1.807, 2.05) is 6.92 Å². The third-order valence-corrected chi connectivity index (χ3v) is 1.87. The number of carbonyl (C=O) groups excluding carboxylic acids is 1. The summed E-state index contributed by atoms with van der Waals surface area (Å²) in [6.45, 7) is 4.13. The van der Waals surface area contributed by atoms with Crippen molar-refractivity contribution >= 4 is 17.9 Å². The van der Waals surface area contributed by atoms with E-state index in [0.717, 1.165) is 6.42 Å². The number of guanidine groups is 2. The van der Waals surface area contributed by atoms with Crippen molar-refractivity contribution in [3.63, 3.8) is 0 Å². The molecule has 1 atom stereocenters. The Morgan fingerprint density at radius 3 is 2.50 bits per heavy atom. The van der Waals surface area contributed by atoms with Gasteiger partial charge in [-0.2, -0.15) is 4.99 Å². The highest BCUT2D eigenvalue weighted by atomic mass is 16.5. The quantitative estimate of drug-likeness (QED) is 0.245. The van der Waals surface area contributed by atoms with Crippen molar-refractivity contribution in [2.45, 2.75) is 20.3 Å². The fourth-order valence-electron chi connectivity index (χ4n) is 0.783. The van der Waals surface area contributed by atoms with Gasteiger partial charge in [0.1, 0.15) is 6.61 Å². The number of rotatable bonds is 5. The highest BCUT2D eigenvalue weighted by Crippen LogP contribution is 2.02. The van der Waals surface area contributed by atoms with Crippen LogP contribution < -0.4 is 17.2 Å². The molecule has 0 aromatic carbocycles. The van der Waals surface area contributed by atoms with Crippen LogP contribution in [0.1, 0.15) is 20.3 Å². The van der Waals surface area contributed by atoms with Gasteiger partial charge in [0.2, 0.25) is 5.96 Å². The molecule has 0 aromatic rings. The van der Waals surface area contributed by atoms with E-state index in [1.54, 1.807) is 6.92 Å². The standard InChI is InChI=1S/C9H19N5O2/c1-3-6(2)7(15)16-5-4-13-9(12)14-8(10)11/h6H,3-5H2,1-2H3,(H6,10,11,12,13,14). The van der Waals surface area contributed by atoms with Crippen LogP contribution in [0.3, 0.4) is 0 Å². The summed E-state index contributed by atoms with van der Waals surface area (Å²) in [4.78, 5) is 18.5. The Balaban J connectivity index is 3.84. The lowest BCUT2D eigenvalue weighted by Gasteiger charge is -2.07. The molecule has 16 heavy (non-hydrogen) atoms. The lowest BCUT2D eigenvalue weighted by Crippen LogP contribution is -2.26. The first kappa shape index (κ1) is 14.2. The molecule has 0 amide bonds. The third-order valence-electron chi connectivity index (χ3n) is 1.87. The molecule has 0 fully saturated rings. The number of carbonyl (C=O) groups is 1. The molecule has 0 radical (unpaired) electrons. The zero-order chi connectivity index (χ0) is 12.6. The number of nitrogens with two attached hydrogens (primary N) is 3. The number of nitrogens with zero attached hydrogens (tertiary/aromatic N) is 2. The second-order valence-corrected chi connectivity index (χ2v) is 3.25. The van der Waals surface area contributed by atoms with Gasteiger partial charge in [0.25, 0.3) is 0 Å². The van der Waals surface area contributed by atoms with Crippen LogP contribution in [-0.4, -0.2) is 31.0 Å². The van der Waals surface area contributed by atoms with Gasteiger partial charge in [0.15, 0.2) is 5.96 Å². The predicted octanol–water partition coefficient (Wildman–Crippen LogP) is -0.836. The van der Waals surface area contributed by atoms with Crippen LogP contribution in [0.2, 0.25) is 0 Å². The largest absolute Gasteiger partial charge is 0.464 e. The van der Waals surface area contributed by atoms with Crippen LogP contribution in [0.15, 0.2) is 9.98 Å². The highest BCUT2D eigenvalue weighted by molar-refractivity contribution is 5.92. The van der Waals surface area contributed by atoms with E-state index >= 15 is 0 Å². The summed E-state index contributed by atoms with van der Waals surface area (Å²) in [6.07, 6.45) is 0.748. The fourth-order valence-corrected chi connectivity index (χ4v) is 0.783. The molecule has 0 aliphatic heterocycles. The molecule has 0 aliphatic carbocycles. The molecule has 0 spiro atoms. The van der Waals surface area contributed by atoms with Gasteiger partial charge in [0.05, 0.1) is 12.5 Å². The van der Waals surface area contributed by atoms with E-state index in [0.29, 0.717) is 0 Å². The molecular weight excluding hydrogens is 210 g/mol. The molecule has 0 aromatic heterocycles. The maximum Gasteiger partial charge on any atom is 0.308 e. The maximum absolute atomic E-state index is 11.2. The average molecular weight is 229 g/mol. The first-order chi connectivity index (χ1) is 7.47. The molecule has 6 N–H and O–H groups in total. The van der Waals surface area contributed by atoms with E-state index in [1.165, 1.54) is 0 Å². The smallest absolute Gasteiger partial charge is 0.308 e. The number of aliphatic imine (C=N–C) groups is 2. The van der Waals surface area contributed by atoms with Gasteiger partial charge in [-0.25, -0.2) is 4.99 Å². The molecular formula is C9H19N5O2. The van der Waals surface area contributed by atoms with E-state index in [2.05, 4.69) is 9.98 Å².